The van der Waals surface area contributed by atoms with E-state index in [0.717, 1.165) is 6.07 Å². The maximum atomic E-state index is 13.9. The summed E-state index contributed by atoms with van der Waals surface area (Å²) in [6.45, 7) is 5.66. The SMILES string of the molecule is CCn1nc(C)c(Cl)c1CC(C)(O)c1cccc(F)c1F. The molecule has 0 aliphatic carbocycles. The molecule has 0 saturated heterocycles. The molecule has 1 aromatic carbocycles. The molecule has 1 N–H and O–H groups in total. The fourth-order valence-electron chi connectivity index (χ4n) is 2.38. The van der Waals surface area contributed by atoms with Gasteiger partial charge in [-0.15, -0.1) is 0 Å². The van der Waals surface area contributed by atoms with E-state index in [4.69, 9.17) is 11.6 Å². The second-order valence-electron chi connectivity index (χ2n) is 5.21. The summed E-state index contributed by atoms with van der Waals surface area (Å²) in [5.74, 6) is -2.03. The van der Waals surface area contributed by atoms with Gasteiger partial charge < -0.3 is 5.11 Å². The normalized spacial score (nSPS) is 14.2. The highest BCUT2D eigenvalue weighted by atomic mass is 35.5. The van der Waals surface area contributed by atoms with Crippen LogP contribution in [0.5, 0.6) is 0 Å². The number of rotatable bonds is 4. The smallest absolute Gasteiger partial charge is 0.164 e. The van der Waals surface area contributed by atoms with Gasteiger partial charge in [-0.2, -0.15) is 5.10 Å². The number of benzene rings is 1. The Hall–Kier alpha value is -1.46. The predicted octanol–water partition coefficient (Wildman–Crippen LogP) is 3.59. The Kier molecular flexibility index (Phi) is 4.35. The number of hydrogen-bond donors (Lipinski definition) is 1. The minimum atomic E-state index is -1.59. The number of aryl methyl sites for hydroxylation is 2. The third kappa shape index (κ3) is 2.94. The van der Waals surface area contributed by atoms with Crippen LogP contribution in [0.3, 0.4) is 0 Å². The maximum Gasteiger partial charge on any atom is 0.164 e. The van der Waals surface area contributed by atoms with Gasteiger partial charge in [0.2, 0.25) is 0 Å². The minimum absolute atomic E-state index is 0.0425. The summed E-state index contributed by atoms with van der Waals surface area (Å²) in [6, 6.07) is 3.75. The highest BCUT2D eigenvalue weighted by Crippen LogP contribution is 2.32. The van der Waals surface area contributed by atoms with E-state index in [1.807, 2.05) is 6.92 Å². The number of nitrogens with zero attached hydrogens (tertiary/aromatic N) is 2. The molecule has 0 fully saturated rings. The van der Waals surface area contributed by atoms with Crippen molar-refractivity contribution in [2.75, 3.05) is 0 Å². The number of aliphatic hydroxyl groups is 1. The molecule has 6 heteroatoms. The monoisotopic (exact) mass is 314 g/mol. The summed E-state index contributed by atoms with van der Waals surface area (Å²) in [5.41, 5.74) is -0.440. The first-order valence-corrected chi connectivity index (χ1v) is 7.04. The highest BCUT2D eigenvalue weighted by Gasteiger charge is 2.31. The molecule has 1 unspecified atom stereocenters. The van der Waals surface area contributed by atoms with Crippen molar-refractivity contribution >= 4 is 11.6 Å². The van der Waals surface area contributed by atoms with Crippen LogP contribution in [-0.4, -0.2) is 14.9 Å². The van der Waals surface area contributed by atoms with E-state index in [9.17, 15) is 13.9 Å². The molecular formula is C15H17ClF2N2O. The molecule has 2 rings (SSSR count). The van der Waals surface area contributed by atoms with Crippen molar-refractivity contribution in [3.8, 4) is 0 Å². The van der Waals surface area contributed by atoms with E-state index in [2.05, 4.69) is 5.10 Å². The summed E-state index contributed by atoms with van der Waals surface area (Å²) >= 11 is 6.20. The zero-order valence-corrected chi connectivity index (χ0v) is 12.9. The van der Waals surface area contributed by atoms with Crippen LogP contribution in [0.4, 0.5) is 8.78 Å². The van der Waals surface area contributed by atoms with Crippen molar-refractivity contribution in [1.82, 2.24) is 9.78 Å². The molecule has 1 heterocycles. The van der Waals surface area contributed by atoms with Crippen LogP contribution in [-0.2, 0) is 18.6 Å². The quantitative estimate of drug-likeness (QED) is 0.936. The van der Waals surface area contributed by atoms with Crippen LogP contribution in [0.25, 0.3) is 0 Å². The third-order valence-electron chi connectivity index (χ3n) is 3.50. The molecule has 0 saturated carbocycles. The van der Waals surface area contributed by atoms with Crippen LogP contribution in [0, 0.1) is 18.6 Å². The molecule has 0 aliphatic rings. The first-order chi connectivity index (χ1) is 9.77. The number of hydrogen-bond acceptors (Lipinski definition) is 2. The molecule has 21 heavy (non-hydrogen) atoms. The van der Waals surface area contributed by atoms with Gasteiger partial charge in [-0.3, -0.25) is 4.68 Å². The average Bonchev–Trinajstić information content (AvgIpc) is 2.69. The summed E-state index contributed by atoms with van der Waals surface area (Å²) < 4.78 is 28.9. The Morgan fingerprint density at radius 1 is 1.38 bits per heavy atom. The van der Waals surface area contributed by atoms with Crippen LogP contribution in [0.1, 0.15) is 30.8 Å². The van der Waals surface area contributed by atoms with Gasteiger partial charge in [-0.25, -0.2) is 8.78 Å². The number of halogens is 3. The van der Waals surface area contributed by atoms with Gasteiger partial charge in [0, 0.05) is 18.5 Å². The Bertz CT molecular complexity index is 668. The average molecular weight is 315 g/mol. The molecule has 1 aromatic heterocycles. The van der Waals surface area contributed by atoms with Gasteiger partial charge in [0.25, 0.3) is 0 Å². The van der Waals surface area contributed by atoms with E-state index < -0.39 is 17.2 Å². The number of aromatic nitrogens is 2. The zero-order chi connectivity index (χ0) is 15.8. The lowest BCUT2D eigenvalue weighted by Crippen LogP contribution is -2.27. The van der Waals surface area contributed by atoms with Crippen molar-refractivity contribution in [3.63, 3.8) is 0 Å². The molecule has 114 valence electrons. The van der Waals surface area contributed by atoms with E-state index in [1.54, 1.807) is 11.6 Å². The van der Waals surface area contributed by atoms with E-state index in [1.165, 1.54) is 19.1 Å². The predicted molar refractivity (Wildman–Crippen MR) is 77.3 cm³/mol. The van der Waals surface area contributed by atoms with Crippen molar-refractivity contribution < 1.29 is 13.9 Å². The molecule has 0 aliphatic heterocycles. The Labute approximate surface area is 127 Å². The van der Waals surface area contributed by atoms with Crippen molar-refractivity contribution in [2.45, 2.75) is 39.3 Å². The van der Waals surface area contributed by atoms with Gasteiger partial charge in [0.05, 0.1) is 22.0 Å². The van der Waals surface area contributed by atoms with Gasteiger partial charge in [-0.05, 0) is 26.8 Å². The lowest BCUT2D eigenvalue weighted by atomic mass is 9.90. The van der Waals surface area contributed by atoms with Crippen molar-refractivity contribution in [3.05, 3.63) is 51.8 Å². The van der Waals surface area contributed by atoms with Crippen LogP contribution in [0.15, 0.2) is 18.2 Å². The molecular weight excluding hydrogens is 298 g/mol. The summed E-state index contributed by atoms with van der Waals surface area (Å²) in [5, 5.41) is 15.3. The lowest BCUT2D eigenvalue weighted by molar-refractivity contribution is 0.0509. The summed E-state index contributed by atoms with van der Waals surface area (Å²) in [4.78, 5) is 0. The van der Waals surface area contributed by atoms with Gasteiger partial charge >= 0.3 is 0 Å². The summed E-state index contributed by atoms with van der Waals surface area (Å²) in [7, 11) is 0. The lowest BCUT2D eigenvalue weighted by Gasteiger charge is -2.25. The molecule has 3 nitrogen and oxygen atoms in total. The molecule has 0 bridgehead atoms. The fourth-order valence-corrected chi connectivity index (χ4v) is 2.58. The van der Waals surface area contributed by atoms with Crippen molar-refractivity contribution in [1.29, 1.82) is 0 Å². The molecule has 0 amide bonds. The molecule has 0 spiro atoms. The van der Waals surface area contributed by atoms with Gasteiger partial charge in [-0.1, -0.05) is 23.7 Å². The highest BCUT2D eigenvalue weighted by molar-refractivity contribution is 6.31. The van der Waals surface area contributed by atoms with E-state index >= 15 is 0 Å². The Morgan fingerprint density at radius 3 is 2.67 bits per heavy atom. The molecule has 2 aromatic rings. The maximum absolute atomic E-state index is 13.9. The first-order valence-electron chi connectivity index (χ1n) is 6.66. The van der Waals surface area contributed by atoms with Crippen LogP contribution >= 0.6 is 11.6 Å². The van der Waals surface area contributed by atoms with Gasteiger partial charge in [0.15, 0.2) is 11.6 Å². The van der Waals surface area contributed by atoms with E-state index in [0.29, 0.717) is 23.0 Å². The first kappa shape index (κ1) is 15.9. The molecule has 1 atom stereocenters. The summed E-state index contributed by atoms with van der Waals surface area (Å²) in [6.07, 6.45) is 0.0425. The van der Waals surface area contributed by atoms with Crippen LogP contribution < -0.4 is 0 Å². The second-order valence-corrected chi connectivity index (χ2v) is 5.59. The Morgan fingerprint density at radius 2 is 2.05 bits per heavy atom. The van der Waals surface area contributed by atoms with E-state index in [-0.39, 0.29) is 12.0 Å². The standard InChI is InChI=1S/C15H17ClF2N2O/c1-4-20-12(13(16)9(2)19-20)8-15(3,21)10-6-5-7-11(17)14(10)18/h5-7,21H,4,8H2,1-3H3. The third-order valence-corrected chi connectivity index (χ3v) is 3.99. The second kappa shape index (κ2) is 5.73. The fraction of sp³-hybridized carbons (Fsp3) is 0.400. The zero-order valence-electron chi connectivity index (χ0n) is 12.1. The van der Waals surface area contributed by atoms with Gasteiger partial charge in [0.1, 0.15) is 0 Å². The Balaban J connectivity index is 2.44. The largest absolute Gasteiger partial charge is 0.385 e. The molecule has 0 radical (unpaired) electrons. The minimum Gasteiger partial charge on any atom is -0.385 e. The van der Waals surface area contributed by atoms with Crippen LogP contribution in [0.2, 0.25) is 5.02 Å². The van der Waals surface area contributed by atoms with Crippen molar-refractivity contribution in [2.24, 2.45) is 0 Å². The topological polar surface area (TPSA) is 38.0 Å².